The minimum Gasteiger partial charge on any atom is -0.399 e. The summed E-state index contributed by atoms with van der Waals surface area (Å²) < 4.78 is 29.7. The number of hydrogen-bond donors (Lipinski definition) is 2. The van der Waals surface area contributed by atoms with Crippen LogP contribution < -0.4 is 11.1 Å². The molecule has 1 aliphatic carbocycles. The molecule has 0 spiro atoms. The number of aromatic nitrogens is 3. The molecule has 7 nitrogen and oxygen atoms in total. The molecular formula is C29H42F2N6O. The minimum absolute atomic E-state index is 0.103. The van der Waals surface area contributed by atoms with Crippen molar-refractivity contribution in [2.75, 3.05) is 12.3 Å². The number of alkyl halides is 2. The molecule has 3 atom stereocenters. The van der Waals surface area contributed by atoms with Gasteiger partial charge in [0.15, 0.2) is 0 Å². The van der Waals surface area contributed by atoms with Gasteiger partial charge in [0.25, 0.3) is 0 Å². The summed E-state index contributed by atoms with van der Waals surface area (Å²) in [5.74, 6) is -0.676. The molecule has 38 heavy (non-hydrogen) atoms. The number of rotatable bonds is 8. The highest BCUT2D eigenvalue weighted by Gasteiger charge is 2.42. The number of hydrogen-bond acceptors (Lipinski definition) is 5. The van der Waals surface area contributed by atoms with Crippen molar-refractivity contribution in [3.63, 3.8) is 0 Å². The summed E-state index contributed by atoms with van der Waals surface area (Å²) in [6.45, 7) is 7.29. The number of halogens is 2. The molecule has 9 heteroatoms. The first kappa shape index (κ1) is 27.0. The Hall–Kier alpha value is -2.55. The first-order chi connectivity index (χ1) is 18.1. The number of nitrogen functional groups attached to an aromatic ring is 1. The molecule has 1 aromatic carbocycles. The predicted octanol–water partition coefficient (Wildman–Crippen LogP) is 5.53. The van der Waals surface area contributed by atoms with Crippen molar-refractivity contribution in [1.82, 2.24) is 25.0 Å². The highest BCUT2D eigenvalue weighted by atomic mass is 19.3. The van der Waals surface area contributed by atoms with Crippen LogP contribution in [0, 0.1) is 12.8 Å². The highest BCUT2D eigenvalue weighted by molar-refractivity contribution is 5.79. The molecule has 2 saturated heterocycles. The molecule has 1 amide bonds. The number of nitrogens with two attached hydrogens (primary N) is 1. The topological polar surface area (TPSA) is 89.1 Å². The molecule has 1 saturated carbocycles. The zero-order valence-corrected chi connectivity index (χ0v) is 22.9. The number of aryl methyl sites for hydroxylation is 1. The van der Waals surface area contributed by atoms with Gasteiger partial charge in [0.05, 0.1) is 6.04 Å². The number of anilines is 1. The van der Waals surface area contributed by atoms with E-state index >= 15 is 0 Å². The van der Waals surface area contributed by atoms with Gasteiger partial charge in [-0.1, -0.05) is 26.0 Å². The van der Waals surface area contributed by atoms with Crippen molar-refractivity contribution < 1.29 is 13.6 Å². The van der Waals surface area contributed by atoms with Gasteiger partial charge in [0, 0.05) is 55.0 Å². The number of carbonyl (C=O) groups excluding carboxylic acids is 1. The minimum atomic E-state index is -2.64. The highest BCUT2D eigenvalue weighted by Crippen LogP contribution is 2.42. The summed E-state index contributed by atoms with van der Waals surface area (Å²) >= 11 is 0. The molecule has 2 unspecified atom stereocenters. The van der Waals surface area contributed by atoms with Gasteiger partial charge in [-0.25, -0.2) is 8.78 Å². The van der Waals surface area contributed by atoms with E-state index in [1.807, 2.05) is 24.3 Å². The third-order valence-electron chi connectivity index (χ3n) is 9.05. The molecule has 1 aromatic heterocycles. The summed E-state index contributed by atoms with van der Waals surface area (Å²) in [6.07, 6.45) is 5.40. The van der Waals surface area contributed by atoms with Gasteiger partial charge in [-0.05, 0) is 69.6 Å². The Morgan fingerprint density at radius 2 is 1.68 bits per heavy atom. The zero-order chi connectivity index (χ0) is 27.0. The van der Waals surface area contributed by atoms with Crippen LogP contribution in [0.25, 0.3) is 0 Å². The average molecular weight is 529 g/mol. The molecule has 2 aliphatic heterocycles. The van der Waals surface area contributed by atoms with Crippen LogP contribution in [0.2, 0.25) is 0 Å². The van der Waals surface area contributed by atoms with Crippen LogP contribution in [-0.4, -0.2) is 50.1 Å². The van der Waals surface area contributed by atoms with Crippen molar-refractivity contribution >= 4 is 11.6 Å². The van der Waals surface area contributed by atoms with E-state index in [2.05, 4.69) is 45.8 Å². The first-order valence-electron chi connectivity index (χ1n) is 14.3. The smallest absolute Gasteiger partial charge is 0.248 e. The van der Waals surface area contributed by atoms with Crippen LogP contribution >= 0.6 is 0 Å². The molecule has 0 radical (unpaired) electrons. The van der Waals surface area contributed by atoms with Crippen molar-refractivity contribution in [1.29, 1.82) is 0 Å². The second-order valence-electron chi connectivity index (χ2n) is 12.0. The van der Waals surface area contributed by atoms with Crippen molar-refractivity contribution in [3.05, 3.63) is 41.5 Å². The monoisotopic (exact) mass is 528 g/mol. The van der Waals surface area contributed by atoms with E-state index in [4.69, 9.17) is 5.73 Å². The Morgan fingerprint density at radius 3 is 2.29 bits per heavy atom. The lowest BCUT2D eigenvalue weighted by Gasteiger charge is -2.40. The summed E-state index contributed by atoms with van der Waals surface area (Å²) in [5.41, 5.74) is 7.61. The van der Waals surface area contributed by atoms with Crippen LogP contribution in [-0.2, 0) is 4.79 Å². The second-order valence-corrected chi connectivity index (χ2v) is 12.0. The van der Waals surface area contributed by atoms with E-state index < -0.39 is 5.92 Å². The molecule has 208 valence electrons. The fraction of sp³-hybridized carbons (Fsp3) is 0.690. The normalized spacial score (nSPS) is 26.5. The summed E-state index contributed by atoms with van der Waals surface area (Å²) in [6, 6.07) is 8.92. The molecule has 3 fully saturated rings. The Morgan fingerprint density at radius 1 is 1.05 bits per heavy atom. The van der Waals surface area contributed by atoms with Gasteiger partial charge in [0.1, 0.15) is 11.6 Å². The SMILES string of the molecule is Cc1nnc(C(C)C)n1C1CC2CCC(C1)N2CC[C@H](NC(=O)C1CCC(F)(F)CC1)c1ccc(N)cc1. The summed E-state index contributed by atoms with van der Waals surface area (Å²) in [5, 5.41) is 12.1. The van der Waals surface area contributed by atoms with E-state index in [9.17, 15) is 13.6 Å². The van der Waals surface area contributed by atoms with E-state index in [1.54, 1.807) is 0 Å². The number of benzene rings is 1. The quantitative estimate of drug-likeness (QED) is 0.440. The van der Waals surface area contributed by atoms with E-state index in [0.717, 1.165) is 43.0 Å². The lowest BCUT2D eigenvalue weighted by Crippen LogP contribution is -2.45. The number of carbonyl (C=O) groups is 1. The Labute approximate surface area is 224 Å². The third kappa shape index (κ3) is 5.72. The maximum atomic E-state index is 13.7. The zero-order valence-electron chi connectivity index (χ0n) is 22.9. The Kier molecular flexibility index (Phi) is 7.76. The maximum absolute atomic E-state index is 13.7. The maximum Gasteiger partial charge on any atom is 0.248 e. The van der Waals surface area contributed by atoms with Gasteiger partial charge in [0.2, 0.25) is 11.8 Å². The average Bonchev–Trinajstić information content (AvgIpc) is 3.37. The van der Waals surface area contributed by atoms with Crippen molar-refractivity contribution in [2.45, 2.75) is 115 Å². The number of piperidine rings is 1. The number of amides is 1. The van der Waals surface area contributed by atoms with Crippen LogP contribution in [0.5, 0.6) is 0 Å². The lowest BCUT2D eigenvalue weighted by molar-refractivity contribution is -0.130. The second kappa shape index (κ2) is 10.9. The van der Waals surface area contributed by atoms with E-state index in [0.29, 0.717) is 29.7 Å². The van der Waals surface area contributed by atoms with Crippen LogP contribution in [0.1, 0.15) is 107 Å². The van der Waals surface area contributed by atoms with Gasteiger partial charge in [-0.15, -0.1) is 10.2 Å². The van der Waals surface area contributed by atoms with Crippen LogP contribution in [0.15, 0.2) is 24.3 Å². The molecule has 2 aromatic rings. The molecule has 3 N–H and O–H groups in total. The van der Waals surface area contributed by atoms with Crippen molar-refractivity contribution in [3.8, 4) is 0 Å². The molecule has 2 bridgehead atoms. The number of fused-ring (bicyclic) bond motifs is 2. The van der Waals surface area contributed by atoms with Crippen LogP contribution in [0.3, 0.4) is 0 Å². The molecular weight excluding hydrogens is 486 g/mol. The number of nitrogens with one attached hydrogen (secondary N) is 1. The number of nitrogens with zero attached hydrogens (tertiary/aromatic N) is 4. The predicted molar refractivity (Wildman–Crippen MR) is 144 cm³/mol. The van der Waals surface area contributed by atoms with Crippen molar-refractivity contribution in [2.24, 2.45) is 5.92 Å². The van der Waals surface area contributed by atoms with E-state index in [-0.39, 0.29) is 43.6 Å². The van der Waals surface area contributed by atoms with Gasteiger partial charge < -0.3 is 15.6 Å². The van der Waals surface area contributed by atoms with Gasteiger partial charge in [-0.2, -0.15) is 0 Å². The van der Waals surface area contributed by atoms with Gasteiger partial charge >= 0.3 is 0 Å². The lowest BCUT2D eigenvalue weighted by atomic mass is 9.86. The molecule has 3 heterocycles. The fourth-order valence-corrected chi connectivity index (χ4v) is 6.97. The summed E-state index contributed by atoms with van der Waals surface area (Å²) in [4.78, 5) is 15.8. The first-order valence-corrected chi connectivity index (χ1v) is 14.3. The third-order valence-corrected chi connectivity index (χ3v) is 9.05. The molecule has 3 aliphatic rings. The summed E-state index contributed by atoms with van der Waals surface area (Å²) in [7, 11) is 0. The Balaban J connectivity index is 1.25. The van der Waals surface area contributed by atoms with Gasteiger partial charge in [-0.3, -0.25) is 9.69 Å². The largest absolute Gasteiger partial charge is 0.399 e. The molecule has 5 rings (SSSR count). The van der Waals surface area contributed by atoms with Crippen LogP contribution in [0.4, 0.5) is 14.5 Å². The standard InChI is InChI=1S/C29H42F2N6O/c1-18(2)27-35-34-19(3)37(27)25-16-23-8-9-24(17-25)36(23)15-12-26(20-4-6-22(32)7-5-20)33-28(38)21-10-13-29(30,31)14-11-21/h4-7,18,21,23-26H,8-17,32H2,1-3H3,(H,33,38)/t23?,24?,25?,26-/m0/s1. The Bertz CT molecular complexity index is 1090. The van der Waals surface area contributed by atoms with E-state index in [1.165, 1.54) is 12.8 Å². The fourth-order valence-electron chi connectivity index (χ4n) is 6.97.